The fourth-order valence-electron chi connectivity index (χ4n) is 1.18. The van der Waals surface area contributed by atoms with E-state index in [9.17, 15) is 0 Å². The monoisotopic (exact) mass is 143 g/mol. The zero-order valence-corrected chi connectivity index (χ0v) is 6.80. The van der Waals surface area contributed by atoms with Crippen molar-refractivity contribution in [1.29, 1.82) is 0 Å². The van der Waals surface area contributed by atoms with E-state index in [1.807, 2.05) is 19.1 Å². The minimum atomic E-state index is 0.509. The Morgan fingerprint density at radius 1 is 1.60 bits per heavy atom. The van der Waals surface area contributed by atoms with Gasteiger partial charge in [-0.05, 0) is 18.8 Å². The van der Waals surface area contributed by atoms with E-state index in [1.54, 1.807) is 0 Å². The standard InChI is InChI=1S/C7H17N3/c1-10(2)9-7(5-8)6-3-4-6/h6-7,9H,3-5,8H2,1-2H3. The molecule has 1 aliphatic carbocycles. The van der Waals surface area contributed by atoms with Crippen LogP contribution in [0, 0.1) is 5.92 Å². The first-order valence-corrected chi connectivity index (χ1v) is 3.87. The molecule has 0 aromatic heterocycles. The lowest BCUT2D eigenvalue weighted by atomic mass is 10.2. The lowest BCUT2D eigenvalue weighted by molar-refractivity contribution is 0.229. The van der Waals surface area contributed by atoms with Gasteiger partial charge in [0.15, 0.2) is 0 Å². The predicted octanol–water partition coefficient (Wildman–Crippen LogP) is -0.210. The molecular weight excluding hydrogens is 126 g/mol. The molecule has 0 heterocycles. The van der Waals surface area contributed by atoms with Crippen molar-refractivity contribution in [3.05, 3.63) is 0 Å². The summed E-state index contributed by atoms with van der Waals surface area (Å²) in [5, 5.41) is 1.98. The fraction of sp³-hybridized carbons (Fsp3) is 1.00. The second-order valence-corrected chi connectivity index (χ2v) is 3.20. The Labute approximate surface area is 62.5 Å². The number of nitrogens with zero attached hydrogens (tertiary/aromatic N) is 1. The summed E-state index contributed by atoms with van der Waals surface area (Å²) in [4.78, 5) is 0. The average molecular weight is 143 g/mol. The van der Waals surface area contributed by atoms with Crippen molar-refractivity contribution in [3.8, 4) is 0 Å². The smallest absolute Gasteiger partial charge is 0.0365 e. The summed E-state index contributed by atoms with van der Waals surface area (Å²) in [5.41, 5.74) is 8.87. The number of hydrogen-bond acceptors (Lipinski definition) is 3. The predicted molar refractivity (Wildman–Crippen MR) is 42.4 cm³/mol. The van der Waals surface area contributed by atoms with Crippen molar-refractivity contribution < 1.29 is 0 Å². The maximum Gasteiger partial charge on any atom is 0.0365 e. The Morgan fingerprint density at radius 2 is 2.20 bits per heavy atom. The van der Waals surface area contributed by atoms with Crippen LogP contribution in [-0.4, -0.2) is 31.7 Å². The molecule has 0 aliphatic heterocycles. The van der Waals surface area contributed by atoms with Crippen molar-refractivity contribution in [1.82, 2.24) is 10.4 Å². The molecule has 1 rings (SSSR count). The quantitative estimate of drug-likeness (QED) is 0.535. The third kappa shape index (κ3) is 2.25. The summed E-state index contributed by atoms with van der Waals surface area (Å²) in [6.07, 6.45) is 2.70. The van der Waals surface area contributed by atoms with Crippen LogP contribution in [-0.2, 0) is 0 Å². The Bertz CT molecular complexity index is 99.0. The number of rotatable bonds is 4. The molecule has 0 saturated heterocycles. The molecule has 60 valence electrons. The van der Waals surface area contributed by atoms with Gasteiger partial charge in [0, 0.05) is 26.7 Å². The topological polar surface area (TPSA) is 41.3 Å². The van der Waals surface area contributed by atoms with Gasteiger partial charge >= 0.3 is 0 Å². The molecule has 1 saturated carbocycles. The van der Waals surface area contributed by atoms with Gasteiger partial charge in [0.05, 0.1) is 0 Å². The molecule has 3 N–H and O–H groups in total. The van der Waals surface area contributed by atoms with Crippen LogP contribution in [0.5, 0.6) is 0 Å². The van der Waals surface area contributed by atoms with Crippen molar-refractivity contribution in [2.45, 2.75) is 18.9 Å². The van der Waals surface area contributed by atoms with Crippen molar-refractivity contribution in [2.24, 2.45) is 11.7 Å². The van der Waals surface area contributed by atoms with Crippen LogP contribution in [0.2, 0.25) is 0 Å². The first-order chi connectivity index (χ1) is 4.74. The highest BCUT2D eigenvalue weighted by molar-refractivity contribution is 4.85. The van der Waals surface area contributed by atoms with Crippen LogP contribution in [0.15, 0.2) is 0 Å². The largest absolute Gasteiger partial charge is 0.329 e. The molecule has 3 nitrogen and oxygen atoms in total. The van der Waals surface area contributed by atoms with Crippen molar-refractivity contribution in [3.63, 3.8) is 0 Å². The van der Waals surface area contributed by atoms with Crippen molar-refractivity contribution >= 4 is 0 Å². The lowest BCUT2D eigenvalue weighted by Gasteiger charge is -2.20. The molecule has 3 heteroatoms. The summed E-state index contributed by atoms with van der Waals surface area (Å²) in [6, 6.07) is 0.509. The van der Waals surface area contributed by atoms with E-state index in [4.69, 9.17) is 5.73 Å². The van der Waals surface area contributed by atoms with Gasteiger partial charge in [0.2, 0.25) is 0 Å². The number of hydrazine groups is 1. The van der Waals surface area contributed by atoms with E-state index in [2.05, 4.69) is 5.43 Å². The third-order valence-electron chi connectivity index (χ3n) is 1.87. The SMILES string of the molecule is CN(C)NC(CN)C1CC1. The van der Waals surface area contributed by atoms with E-state index < -0.39 is 0 Å². The normalized spacial score (nSPS) is 21.6. The Morgan fingerprint density at radius 3 is 2.50 bits per heavy atom. The van der Waals surface area contributed by atoms with E-state index >= 15 is 0 Å². The molecule has 0 aromatic carbocycles. The maximum absolute atomic E-state index is 5.57. The molecule has 1 fully saturated rings. The zero-order chi connectivity index (χ0) is 7.56. The summed E-state index contributed by atoms with van der Waals surface area (Å²) < 4.78 is 0. The first-order valence-electron chi connectivity index (χ1n) is 3.87. The van der Waals surface area contributed by atoms with E-state index in [1.165, 1.54) is 12.8 Å². The number of nitrogens with two attached hydrogens (primary N) is 1. The van der Waals surface area contributed by atoms with Gasteiger partial charge in [0.1, 0.15) is 0 Å². The molecule has 0 bridgehead atoms. The van der Waals surface area contributed by atoms with Gasteiger partial charge in [-0.25, -0.2) is 0 Å². The summed E-state index contributed by atoms with van der Waals surface area (Å²) in [5.74, 6) is 0.840. The summed E-state index contributed by atoms with van der Waals surface area (Å²) in [7, 11) is 4.01. The molecule has 0 spiro atoms. The molecule has 10 heavy (non-hydrogen) atoms. The molecule has 0 aromatic rings. The van der Waals surface area contributed by atoms with Crippen LogP contribution in [0.1, 0.15) is 12.8 Å². The Hall–Kier alpha value is -0.120. The number of hydrogen-bond donors (Lipinski definition) is 2. The summed E-state index contributed by atoms with van der Waals surface area (Å²) in [6.45, 7) is 0.753. The van der Waals surface area contributed by atoms with Crippen LogP contribution in [0.4, 0.5) is 0 Å². The lowest BCUT2D eigenvalue weighted by Crippen LogP contribution is -2.45. The maximum atomic E-state index is 5.57. The van der Waals surface area contributed by atoms with Crippen LogP contribution < -0.4 is 11.2 Å². The molecule has 1 aliphatic rings. The Kier molecular flexibility index (Phi) is 2.65. The van der Waals surface area contributed by atoms with Gasteiger partial charge < -0.3 is 5.73 Å². The fourth-order valence-corrected chi connectivity index (χ4v) is 1.18. The van der Waals surface area contributed by atoms with E-state index in [0.717, 1.165) is 12.5 Å². The molecule has 1 atom stereocenters. The molecular formula is C7H17N3. The van der Waals surface area contributed by atoms with Crippen molar-refractivity contribution in [2.75, 3.05) is 20.6 Å². The van der Waals surface area contributed by atoms with Crippen LogP contribution in [0.3, 0.4) is 0 Å². The average Bonchev–Trinajstić information content (AvgIpc) is 2.63. The third-order valence-corrected chi connectivity index (χ3v) is 1.87. The van der Waals surface area contributed by atoms with Gasteiger partial charge in [-0.2, -0.15) is 0 Å². The first kappa shape index (κ1) is 7.98. The molecule has 0 radical (unpaired) electrons. The van der Waals surface area contributed by atoms with Crippen LogP contribution >= 0.6 is 0 Å². The minimum Gasteiger partial charge on any atom is -0.329 e. The van der Waals surface area contributed by atoms with Gasteiger partial charge in [-0.1, -0.05) is 0 Å². The summed E-state index contributed by atoms with van der Waals surface area (Å²) >= 11 is 0. The zero-order valence-electron chi connectivity index (χ0n) is 6.80. The van der Waals surface area contributed by atoms with Gasteiger partial charge in [0.25, 0.3) is 0 Å². The highest BCUT2D eigenvalue weighted by Gasteiger charge is 2.30. The van der Waals surface area contributed by atoms with E-state index in [0.29, 0.717) is 6.04 Å². The van der Waals surface area contributed by atoms with E-state index in [-0.39, 0.29) is 0 Å². The highest BCUT2D eigenvalue weighted by atomic mass is 15.5. The second kappa shape index (κ2) is 3.32. The van der Waals surface area contributed by atoms with Gasteiger partial charge in [-0.3, -0.25) is 10.4 Å². The second-order valence-electron chi connectivity index (χ2n) is 3.20. The van der Waals surface area contributed by atoms with Crippen LogP contribution in [0.25, 0.3) is 0 Å². The molecule has 1 unspecified atom stereocenters. The van der Waals surface area contributed by atoms with Gasteiger partial charge in [-0.15, -0.1) is 0 Å². The Balaban J connectivity index is 2.19. The number of nitrogens with one attached hydrogen (secondary N) is 1. The molecule has 0 amide bonds. The highest BCUT2D eigenvalue weighted by Crippen LogP contribution is 2.32. The minimum absolute atomic E-state index is 0.509.